The van der Waals surface area contributed by atoms with Gasteiger partial charge < -0.3 is 28.8 Å². The van der Waals surface area contributed by atoms with E-state index in [2.05, 4.69) is 15.3 Å². The highest BCUT2D eigenvalue weighted by molar-refractivity contribution is 6.30. The first-order chi connectivity index (χ1) is 17.4. The summed E-state index contributed by atoms with van der Waals surface area (Å²) in [7, 11) is 1.44. The highest BCUT2D eigenvalue weighted by atomic mass is 35.5. The largest absolute Gasteiger partial charge is 0.488 e. The molecule has 3 aromatic rings. The van der Waals surface area contributed by atoms with Crippen molar-refractivity contribution in [1.29, 1.82) is 0 Å². The van der Waals surface area contributed by atoms with Gasteiger partial charge in [-0.3, -0.25) is 4.79 Å². The summed E-state index contributed by atoms with van der Waals surface area (Å²) in [5.74, 6) is 0.309. The highest BCUT2D eigenvalue weighted by Crippen LogP contribution is 2.35. The van der Waals surface area contributed by atoms with E-state index in [4.69, 9.17) is 30.2 Å². The molecule has 2 aliphatic rings. The number of ether oxygens (including phenoxy) is 3. The van der Waals surface area contributed by atoms with Gasteiger partial charge in [0.15, 0.2) is 11.4 Å². The van der Waals surface area contributed by atoms with Gasteiger partial charge >= 0.3 is 6.09 Å². The summed E-state index contributed by atoms with van der Waals surface area (Å²) in [5, 5.41) is 3.59. The van der Waals surface area contributed by atoms with Crippen LogP contribution in [-0.2, 0) is 4.74 Å². The third-order valence-corrected chi connectivity index (χ3v) is 6.59. The molecule has 188 valence electrons. The average molecular weight is 513 g/mol. The third kappa shape index (κ3) is 4.81. The van der Waals surface area contributed by atoms with E-state index < -0.39 is 0 Å². The molecule has 10 nitrogen and oxygen atoms in total. The monoisotopic (exact) mass is 512 g/mol. The summed E-state index contributed by atoms with van der Waals surface area (Å²) >= 11 is 5.98. The summed E-state index contributed by atoms with van der Waals surface area (Å²) < 4.78 is 22.4. The van der Waals surface area contributed by atoms with E-state index in [1.165, 1.54) is 19.6 Å². The standard InChI is InChI=1S/C25H25ClN4O6/c1-14(15-3-5-16(26)6-4-15)28-22(31)19-12-20(21(29-23(19)33-2)24-27-8-10-34-24)36-18-7-9-30-17(11-18)13-35-25(30)32/h3-6,8,10,12,14,17-18H,7,9,11,13H2,1-2H3,(H,28,31)/t14-,17-,18-/m0/s1. The summed E-state index contributed by atoms with van der Waals surface area (Å²) in [6.45, 7) is 2.73. The molecule has 0 radical (unpaired) electrons. The van der Waals surface area contributed by atoms with Gasteiger partial charge in [0, 0.05) is 30.5 Å². The molecule has 2 aromatic heterocycles. The molecule has 1 N–H and O–H groups in total. The number of hydrogen-bond acceptors (Lipinski definition) is 8. The fraction of sp³-hybridized carbons (Fsp3) is 0.360. The quantitative estimate of drug-likeness (QED) is 0.499. The predicted molar refractivity (Wildman–Crippen MR) is 129 cm³/mol. The molecule has 1 aromatic carbocycles. The number of amides is 2. The molecule has 0 saturated carbocycles. The average Bonchev–Trinajstić information content (AvgIpc) is 3.54. The number of oxazole rings is 1. The second-order valence-electron chi connectivity index (χ2n) is 8.66. The predicted octanol–water partition coefficient (Wildman–Crippen LogP) is 4.25. The van der Waals surface area contributed by atoms with Gasteiger partial charge in [0.1, 0.15) is 24.5 Å². The first kappa shape index (κ1) is 23.9. The highest BCUT2D eigenvalue weighted by Gasteiger charge is 2.39. The van der Waals surface area contributed by atoms with Crippen LogP contribution in [0, 0.1) is 0 Å². The molecule has 2 fully saturated rings. The number of hydrogen-bond donors (Lipinski definition) is 1. The van der Waals surface area contributed by atoms with Crippen molar-refractivity contribution in [3.63, 3.8) is 0 Å². The molecule has 36 heavy (non-hydrogen) atoms. The second-order valence-corrected chi connectivity index (χ2v) is 9.10. The first-order valence-electron chi connectivity index (χ1n) is 11.6. The maximum atomic E-state index is 13.3. The molecule has 5 rings (SSSR count). The van der Waals surface area contributed by atoms with Gasteiger partial charge in [-0.2, -0.15) is 0 Å². The number of halogens is 1. The summed E-state index contributed by atoms with van der Waals surface area (Å²) in [6.07, 6.45) is 3.63. The van der Waals surface area contributed by atoms with Gasteiger partial charge in [-0.05, 0) is 24.6 Å². The van der Waals surface area contributed by atoms with Crippen LogP contribution in [0.25, 0.3) is 11.6 Å². The number of carbonyl (C=O) groups is 2. The molecule has 2 amide bonds. The number of fused-ring (bicyclic) bond motifs is 1. The zero-order chi connectivity index (χ0) is 25.2. The van der Waals surface area contributed by atoms with E-state index in [-0.39, 0.29) is 47.5 Å². The lowest BCUT2D eigenvalue weighted by atomic mass is 10.0. The van der Waals surface area contributed by atoms with Gasteiger partial charge in [0.25, 0.3) is 5.91 Å². The third-order valence-electron chi connectivity index (χ3n) is 6.34. The number of cyclic esters (lactones) is 1. The number of rotatable bonds is 7. The van der Waals surface area contributed by atoms with Crippen LogP contribution in [0.5, 0.6) is 11.6 Å². The van der Waals surface area contributed by atoms with E-state index in [9.17, 15) is 9.59 Å². The molecule has 2 aliphatic heterocycles. The van der Waals surface area contributed by atoms with Crippen LogP contribution in [-0.4, -0.2) is 59.3 Å². The van der Waals surface area contributed by atoms with Gasteiger partial charge in [-0.1, -0.05) is 23.7 Å². The van der Waals surface area contributed by atoms with E-state index >= 15 is 0 Å². The normalized spacial score (nSPS) is 19.9. The van der Waals surface area contributed by atoms with Crippen LogP contribution >= 0.6 is 11.6 Å². The molecule has 4 heterocycles. The number of nitrogens with zero attached hydrogens (tertiary/aromatic N) is 3. The fourth-order valence-electron chi connectivity index (χ4n) is 4.44. The summed E-state index contributed by atoms with van der Waals surface area (Å²) in [4.78, 5) is 35.6. The van der Waals surface area contributed by atoms with Gasteiger partial charge in [0.2, 0.25) is 11.8 Å². The Balaban J connectivity index is 1.43. The number of nitrogens with one attached hydrogen (secondary N) is 1. The van der Waals surface area contributed by atoms with Crippen molar-refractivity contribution in [3.8, 4) is 23.2 Å². The number of aromatic nitrogens is 2. The lowest BCUT2D eigenvalue weighted by molar-refractivity contribution is 0.0907. The Hall–Kier alpha value is -3.79. The smallest absolute Gasteiger partial charge is 0.410 e. The Morgan fingerprint density at radius 1 is 1.31 bits per heavy atom. The number of methoxy groups -OCH3 is 1. The SMILES string of the molecule is COc1nc(-c2ncco2)c(O[C@H]2CCN3C(=O)OC[C@@H]3C2)cc1C(=O)N[C@@H](C)c1ccc(Cl)cc1. The first-order valence-corrected chi connectivity index (χ1v) is 12.0. The Morgan fingerprint density at radius 2 is 2.11 bits per heavy atom. The minimum absolute atomic E-state index is 0.0457. The van der Waals surface area contributed by atoms with Crippen molar-refractivity contribution in [2.24, 2.45) is 0 Å². The van der Waals surface area contributed by atoms with Crippen LogP contribution in [0.15, 0.2) is 47.2 Å². The van der Waals surface area contributed by atoms with E-state index in [1.54, 1.807) is 23.1 Å². The van der Waals surface area contributed by atoms with E-state index in [0.717, 1.165) is 5.56 Å². The van der Waals surface area contributed by atoms with Gasteiger partial charge in [-0.15, -0.1) is 0 Å². The Labute approximate surface area is 212 Å². The van der Waals surface area contributed by atoms with Crippen LogP contribution in [0.3, 0.4) is 0 Å². The molecule has 0 unspecified atom stereocenters. The fourth-order valence-corrected chi connectivity index (χ4v) is 4.56. The Morgan fingerprint density at radius 3 is 2.83 bits per heavy atom. The zero-order valence-corrected chi connectivity index (χ0v) is 20.5. The summed E-state index contributed by atoms with van der Waals surface area (Å²) in [6, 6.07) is 8.51. The maximum absolute atomic E-state index is 13.3. The Bertz CT molecular complexity index is 1250. The lowest BCUT2D eigenvalue weighted by Crippen LogP contribution is -2.44. The van der Waals surface area contributed by atoms with Crippen LogP contribution in [0.1, 0.15) is 41.7 Å². The van der Waals surface area contributed by atoms with Crippen molar-refractivity contribution in [2.45, 2.75) is 38.0 Å². The van der Waals surface area contributed by atoms with Crippen molar-refractivity contribution in [3.05, 3.63) is 58.9 Å². The second kappa shape index (κ2) is 10.1. The van der Waals surface area contributed by atoms with Crippen molar-refractivity contribution in [2.75, 3.05) is 20.3 Å². The van der Waals surface area contributed by atoms with Crippen molar-refractivity contribution < 1.29 is 28.2 Å². The van der Waals surface area contributed by atoms with Crippen molar-refractivity contribution in [1.82, 2.24) is 20.2 Å². The van der Waals surface area contributed by atoms with Crippen LogP contribution < -0.4 is 14.8 Å². The summed E-state index contributed by atoms with van der Waals surface area (Å²) in [5.41, 5.74) is 1.42. The lowest BCUT2D eigenvalue weighted by Gasteiger charge is -2.32. The van der Waals surface area contributed by atoms with Gasteiger partial charge in [0.05, 0.1) is 25.4 Å². The minimum Gasteiger partial charge on any atom is -0.488 e. The molecule has 2 saturated heterocycles. The topological polar surface area (TPSA) is 116 Å². The van der Waals surface area contributed by atoms with E-state index in [0.29, 0.717) is 42.5 Å². The maximum Gasteiger partial charge on any atom is 0.410 e. The van der Waals surface area contributed by atoms with E-state index in [1.807, 2.05) is 19.1 Å². The number of pyridine rings is 1. The molecular weight excluding hydrogens is 488 g/mol. The molecule has 0 bridgehead atoms. The molecule has 0 spiro atoms. The Kier molecular flexibility index (Phi) is 6.69. The molecule has 11 heteroatoms. The molecular formula is C25H25ClN4O6. The molecule has 3 atom stereocenters. The number of piperidine rings is 1. The van der Waals surface area contributed by atoms with Gasteiger partial charge in [-0.25, -0.2) is 14.8 Å². The van der Waals surface area contributed by atoms with Crippen LogP contribution in [0.2, 0.25) is 5.02 Å². The molecule has 0 aliphatic carbocycles. The minimum atomic E-state index is -0.379. The number of benzene rings is 1. The zero-order valence-electron chi connectivity index (χ0n) is 19.8. The van der Waals surface area contributed by atoms with Crippen molar-refractivity contribution >= 4 is 23.6 Å². The number of carbonyl (C=O) groups excluding carboxylic acids is 2. The van der Waals surface area contributed by atoms with Crippen LogP contribution in [0.4, 0.5) is 4.79 Å².